The molecule has 6 nitrogen and oxygen atoms in total. The number of nitro groups is 1. The lowest BCUT2D eigenvalue weighted by Crippen LogP contribution is -2.08. The minimum atomic E-state index is -0.689. The number of non-ortho nitro benzene ring substituents is 1. The molecule has 0 aliphatic carbocycles. The predicted octanol–water partition coefficient (Wildman–Crippen LogP) is 3.05. The third-order valence-electron chi connectivity index (χ3n) is 3.55. The summed E-state index contributed by atoms with van der Waals surface area (Å²) in [7, 11) is 0. The fraction of sp³-hybridized carbons (Fsp3) is 0.188. The lowest BCUT2D eigenvalue weighted by Gasteiger charge is -2.11. The van der Waals surface area contributed by atoms with Crippen molar-refractivity contribution < 1.29 is 10.0 Å². The van der Waals surface area contributed by atoms with Gasteiger partial charge >= 0.3 is 0 Å². The zero-order valence-corrected chi connectivity index (χ0v) is 12.0. The maximum absolute atomic E-state index is 10.7. The number of rotatable bonds is 4. The third kappa shape index (κ3) is 2.56. The second-order valence-electron chi connectivity index (χ2n) is 5.14. The Balaban J connectivity index is 2.02. The molecule has 2 aromatic carbocycles. The van der Waals surface area contributed by atoms with Crippen molar-refractivity contribution in [3.05, 3.63) is 70.0 Å². The van der Waals surface area contributed by atoms with Crippen LogP contribution in [0.2, 0.25) is 0 Å². The molecular formula is C16H15N3O3. The van der Waals surface area contributed by atoms with E-state index in [1.54, 1.807) is 19.1 Å². The van der Waals surface area contributed by atoms with Gasteiger partial charge in [0, 0.05) is 18.7 Å². The van der Waals surface area contributed by atoms with Gasteiger partial charge < -0.3 is 9.67 Å². The summed E-state index contributed by atoms with van der Waals surface area (Å²) in [4.78, 5) is 14.7. The van der Waals surface area contributed by atoms with Crippen LogP contribution in [0.5, 0.6) is 0 Å². The number of aromatic nitrogens is 2. The summed E-state index contributed by atoms with van der Waals surface area (Å²) in [6, 6.07) is 14.1. The molecule has 0 bridgehead atoms. The maximum Gasteiger partial charge on any atom is 0.269 e. The van der Waals surface area contributed by atoms with Gasteiger partial charge in [0.1, 0.15) is 11.9 Å². The summed E-state index contributed by atoms with van der Waals surface area (Å²) < 4.78 is 1.93. The van der Waals surface area contributed by atoms with Crippen molar-refractivity contribution in [2.24, 2.45) is 0 Å². The number of imidazole rings is 1. The minimum Gasteiger partial charge on any atom is -0.385 e. The molecule has 0 unspecified atom stereocenters. The van der Waals surface area contributed by atoms with E-state index in [0.29, 0.717) is 12.4 Å². The van der Waals surface area contributed by atoms with Crippen molar-refractivity contribution in [3.8, 4) is 0 Å². The van der Waals surface area contributed by atoms with Gasteiger partial charge in [0.2, 0.25) is 0 Å². The van der Waals surface area contributed by atoms with Gasteiger partial charge in [-0.3, -0.25) is 10.1 Å². The number of para-hydroxylation sites is 2. The molecule has 1 atom stereocenters. The van der Waals surface area contributed by atoms with Crippen LogP contribution in [-0.4, -0.2) is 19.6 Å². The van der Waals surface area contributed by atoms with Crippen LogP contribution in [0, 0.1) is 10.1 Å². The topological polar surface area (TPSA) is 81.2 Å². The van der Waals surface area contributed by atoms with Crippen molar-refractivity contribution in [3.63, 3.8) is 0 Å². The van der Waals surface area contributed by atoms with Crippen molar-refractivity contribution in [1.82, 2.24) is 9.55 Å². The quantitative estimate of drug-likeness (QED) is 0.593. The van der Waals surface area contributed by atoms with Gasteiger partial charge in [-0.1, -0.05) is 24.3 Å². The molecule has 0 saturated carbocycles. The minimum absolute atomic E-state index is 0.0648. The van der Waals surface area contributed by atoms with E-state index in [1.165, 1.54) is 12.1 Å². The monoisotopic (exact) mass is 297 g/mol. The lowest BCUT2D eigenvalue weighted by atomic mass is 10.2. The average Bonchev–Trinajstić information content (AvgIpc) is 2.87. The molecule has 6 heteroatoms. The van der Waals surface area contributed by atoms with E-state index >= 15 is 0 Å². The van der Waals surface area contributed by atoms with E-state index in [4.69, 9.17) is 0 Å². The van der Waals surface area contributed by atoms with Crippen LogP contribution >= 0.6 is 0 Å². The molecule has 1 aromatic heterocycles. The van der Waals surface area contributed by atoms with Crippen LogP contribution in [0.25, 0.3) is 11.0 Å². The van der Waals surface area contributed by atoms with Crippen LogP contribution in [0.3, 0.4) is 0 Å². The number of hydrogen-bond acceptors (Lipinski definition) is 4. The smallest absolute Gasteiger partial charge is 0.269 e. The maximum atomic E-state index is 10.7. The molecule has 22 heavy (non-hydrogen) atoms. The lowest BCUT2D eigenvalue weighted by molar-refractivity contribution is -0.384. The van der Waals surface area contributed by atoms with Crippen LogP contribution in [0.15, 0.2) is 48.5 Å². The van der Waals surface area contributed by atoms with Gasteiger partial charge in [-0.15, -0.1) is 0 Å². The van der Waals surface area contributed by atoms with Crippen LogP contribution in [0.4, 0.5) is 5.69 Å². The molecule has 0 amide bonds. The number of nitro benzene ring substituents is 1. The molecule has 0 aliphatic rings. The summed E-state index contributed by atoms with van der Waals surface area (Å²) in [6.45, 7) is 2.17. The summed E-state index contributed by atoms with van der Waals surface area (Å²) in [5, 5.41) is 20.6. The zero-order valence-electron chi connectivity index (χ0n) is 12.0. The molecule has 0 radical (unpaired) electrons. The van der Waals surface area contributed by atoms with E-state index in [2.05, 4.69) is 4.98 Å². The van der Waals surface area contributed by atoms with E-state index in [1.807, 2.05) is 28.8 Å². The molecule has 0 spiro atoms. The highest BCUT2D eigenvalue weighted by molar-refractivity contribution is 5.76. The first-order valence-electron chi connectivity index (χ1n) is 6.93. The SMILES string of the molecule is C[C@H](O)c1nc2ccccc2n1Cc1ccc([N+](=O)[O-])cc1. The van der Waals surface area contributed by atoms with E-state index in [0.717, 1.165) is 16.6 Å². The Bertz CT molecular complexity index is 822. The molecule has 0 fully saturated rings. The summed E-state index contributed by atoms with van der Waals surface area (Å²) in [5.41, 5.74) is 2.72. The average molecular weight is 297 g/mol. The molecule has 3 rings (SSSR count). The highest BCUT2D eigenvalue weighted by Crippen LogP contribution is 2.22. The third-order valence-corrected chi connectivity index (χ3v) is 3.55. The Morgan fingerprint density at radius 3 is 2.55 bits per heavy atom. The van der Waals surface area contributed by atoms with Crippen LogP contribution < -0.4 is 0 Å². The second kappa shape index (κ2) is 5.57. The molecule has 1 N–H and O–H groups in total. The van der Waals surface area contributed by atoms with Crippen LogP contribution in [0.1, 0.15) is 24.4 Å². The van der Waals surface area contributed by atoms with Gasteiger partial charge in [0.25, 0.3) is 5.69 Å². The molecule has 0 aliphatic heterocycles. The first-order chi connectivity index (χ1) is 10.6. The Hall–Kier alpha value is -2.73. The summed E-state index contributed by atoms with van der Waals surface area (Å²) in [5.74, 6) is 0.583. The number of aliphatic hydroxyl groups excluding tert-OH is 1. The molecule has 3 aromatic rings. The second-order valence-corrected chi connectivity index (χ2v) is 5.14. The predicted molar refractivity (Wildman–Crippen MR) is 82.6 cm³/mol. The largest absolute Gasteiger partial charge is 0.385 e. The van der Waals surface area contributed by atoms with Gasteiger partial charge in [0.05, 0.1) is 16.0 Å². The molecule has 1 heterocycles. The fourth-order valence-electron chi connectivity index (χ4n) is 2.48. The Morgan fingerprint density at radius 1 is 1.23 bits per heavy atom. The number of benzene rings is 2. The normalized spacial score (nSPS) is 12.5. The van der Waals surface area contributed by atoms with Crippen molar-refractivity contribution >= 4 is 16.7 Å². The standard InChI is InChI=1S/C16H15N3O3/c1-11(20)16-17-14-4-2-3-5-15(14)18(16)10-12-6-8-13(9-7-12)19(21)22/h2-9,11,20H,10H2,1H3/t11-/m0/s1. The van der Waals surface area contributed by atoms with Gasteiger partial charge in [0.15, 0.2) is 0 Å². The first-order valence-corrected chi connectivity index (χ1v) is 6.93. The molecular weight excluding hydrogens is 282 g/mol. The van der Waals surface area contributed by atoms with Gasteiger partial charge in [-0.25, -0.2) is 4.98 Å². The van der Waals surface area contributed by atoms with Crippen molar-refractivity contribution in [1.29, 1.82) is 0 Å². The molecule has 112 valence electrons. The van der Waals surface area contributed by atoms with Crippen molar-refractivity contribution in [2.45, 2.75) is 19.6 Å². The highest BCUT2D eigenvalue weighted by atomic mass is 16.6. The highest BCUT2D eigenvalue weighted by Gasteiger charge is 2.15. The summed E-state index contributed by atoms with van der Waals surface area (Å²) >= 11 is 0. The Morgan fingerprint density at radius 2 is 1.91 bits per heavy atom. The van der Waals surface area contributed by atoms with Crippen LogP contribution in [-0.2, 0) is 6.54 Å². The zero-order chi connectivity index (χ0) is 15.7. The fourth-order valence-corrected chi connectivity index (χ4v) is 2.48. The van der Waals surface area contributed by atoms with E-state index in [-0.39, 0.29) is 5.69 Å². The van der Waals surface area contributed by atoms with E-state index in [9.17, 15) is 15.2 Å². The number of aliphatic hydroxyl groups is 1. The number of nitrogens with zero attached hydrogens (tertiary/aromatic N) is 3. The Labute approximate surface area is 126 Å². The van der Waals surface area contributed by atoms with Gasteiger partial charge in [-0.2, -0.15) is 0 Å². The Kier molecular flexibility index (Phi) is 3.60. The number of hydrogen-bond donors (Lipinski definition) is 1. The van der Waals surface area contributed by atoms with Gasteiger partial charge in [-0.05, 0) is 24.6 Å². The number of fused-ring (bicyclic) bond motifs is 1. The van der Waals surface area contributed by atoms with Crippen molar-refractivity contribution in [2.75, 3.05) is 0 Å². The first kappa shape index (κ1) is 14.2. The summed E-state index contributed by atoms with van der Waals surface area (Å²) in [6.07, 6.45) is -0.689. The molecule has 0 saturated heterocycles. The van der Waals surface area contributed by atoms with E-state index < -0.39 is 11.0 Å².